The molecular formula is C9H16N2O3. The molecule has 0 aromatic rings. The van der Waals surface area contributed by atoms with Gasteiger partial charge in [-0.05, 0) is 13.8 Å². The lowest BCUT2D eigenvalue weighted by Gasteiger charge is -2.43. The Morgan fingerprint density at radius 2 is 2.29 bits per heavy atom. The first-order chi connectivity index (χ1) is 6.34. The van der Waals surface area contributed by atoms with Gasteiger partial charge in [0.25, 0.3) is 0 Å². The Morgan fingerprint density at radius 3 is 2.79 bits per heavy atom. The second-order valence-corrected chi connectivity index (χ2v) is 4.24. The Kier molecular flexibility index (Phi) is 2.80. The fourth-order valence-corrected chi connectivity index (χ4v) is 1.45. The van der Waals surface area contributed by atoms with E-state index in [9.17, 15) is 9.59 Å². The standard InChI is InChI=1S/C9H16N2O3/c1-9(2)5-10-6(4-7(12)13)8(14)11(9)3/h6,10H,4-5H2,1-3H3,(H,12,13). The second kappa shape index (κ2) is 3.57. The van der Waals surface area contributed by atoms with Gasteiger partial charge in [0.05, 0.1) is 12.5 Å². The zero-order valence-electron chi connectivity index (χ0n) is 8.70. The summed E-state index contributed by atoms with van der Waals surface area (Å²) >= 11 is 0. The van der Waals surface area contributed by atoms with E-state index in [1.807, 2.05) is 13.8 Å². The number of hydrogen-bond acceptors (Lipinski definition) is 3. The van der Waals surface area contributed by atoms with Crippen LogP contribution in [0.3, 0.4) is 0 Å². The van der Waals surface area contributed by atoms with Crippen LogP contribution in [0.5, 0.6) is 0 Å². The quantitative estimate of drug-likeness (QED) is 0.640. The molecule has 5 nitrogen and oxygen atoms in total. The number of carboxylic acids is 1. The van der Waals surface area contributed by atoms with Crippen LogP contribution in [0, 0.1) is 0 Å². The van der Waals surface area contributed by atoms with Crippen LogP contribution in [0.1, 0.15) is 20.3 Å². The maximum Gasteiger partial charge on any atom is 0.305 e. The first-order valence-corrected chi connectivity index (χ1v) is 4.57. The van der Waals surface area contributed by atoms with E-state index in [2.05, 4.69) is 5.32 Å². The van der Waals surface area contributed by atoms with E-state index in [0.29, 0.717) is 6.54 Å². The topological polar surface area (TPSA) is 69.6 Å². The number of carbonyl (C=O) groups excluding carboxylic acids is 1. The van der Waals surface area contributed by atoms with E-state index in [-0.39, 0.29) is 17.9 Å². The normalized spacial score (nSPS) is 26.4. The van der Waals surface area contributed by atoms with Gasteiger partial charge in [-0.2, -0.15) is 0 Å². The van der Waals surface area contributed by atoms with Crippen LogP contribution in [-0.4, -0.2) is 47.1 Å². The van der Waals surface area contributed by atoms with E-state index >= 15 is 0 Å². The molecule has 1 aliphatic heterocycles. The van der Waals surface area contributed by atoms with Gasteiger partial charge in [-0.1, -0.05) is 0 Å². The minimum absolute atomic E-state index is 0.149. The number of nitrogens with zero attached hydrogens (tertiary/aromatic N) is 1. The van der Waals surface area contributed by atoms with Gasteiger partial charge in [-0.15, -0.1) is 0 Å². The van der Waals surface area contributed by atoms with Crippen molar-refractivity contribution in [3.63, 3.8) is 0 Å². The Morgan fingerprint density at radius 1 is 1.71 bits per heavy atom. The van der Waals surface area contributed by atoms with Crippen molar-refractivity contribution in [1.82, 2.24) is 10.2 Å². The van der Waals surface area contributed by atoms with Crippen LogP contribution in [0.15, 0.2) is 0 Å². The van der Waals surface area contributed by atoms with Crippen molar-refractivity contribution in [2.75, 3.05) is 13.6 Å². The molecule has 1 fully saturated rings. The molecule has 0 bridgehead atoms. The molecule has 1 atom stereocenters. The Labute approximate surface area is 83.1 Å². The molecule has 0 radical (unpaired) electrons. The summed E-state index contributed by atoms with van der Waals surface area (Å²) in [6, 6.07) is -0.578. The number of likely N-dealkylation sites (N-methyl/N-ethyl adjacent to an activating group) is 1. The molecule has 0 saturated carbocycles. The van der Waals surface area contributed by atoms with E-state index in [0.717, 1.165) is 0 Å². The molecule has 80 valence electrons. The average molecular weight is 200 g/mol. The van der Waals surface area contributed by atoms with Gasteiger partial charge in [0.2, 0.25) is 5.91 Å². The highest BCUT2D eigenvalue weighted by Gasteiger charge is 2.38. The van der Waals surface area contributed by atoms with Crippen LogP contribution < -0.4 is 5.32 Å². The van der Waals surface area contributed by atoms with E-state index in [1.165, 1.54) is 0 Å². The smallest absolute Gasteiger partial charge is 0.305 e. The summed E-state index contributed by atoms with van der Waals surface area (Å²) < 4.78 is 0. The number of amides is 1. The molecular weight excluding hydrogens is 184 g/mol. The lowest BCUT2D eigenvalue weighted by atomic mass is 9.97. The maximum atomic E-state index is 11.7. The van der Waals surface area contributed by atoms with Gasteiger partial charge in [0, 0.05) is 19.1 Å². The molecule has 1 heterocycles. The van der Waals surface area contributed by atoms with Crippen molar-refractivity contribution in [2.24, 2.45) is 0 Å². The highest BCUT2D eigenvalue weighted by molar-refractivity contribution is 5.87. The van der Waals surface area contributed by atoms with Crippen LogP contribution in [0.25, 0.3) is 0 Å². The molecule has 0 aromatic heterocycles. The lowest BCUT2D eigenvalue weighted by molar-refractivity contribution is -0.147. The molecule has 0 aliphatic carbocycles. The summed E-state index contributed by atoms with van der Waals surface area (Å²) in [5.41, 5.74) is -0.244. The van der Waals surface area contributed by atoms with Crippen LogP contribution in [-0.2, 0) is 9.59 Å². The number of rotatable bonds is 2. The predicted octanol–water partition coefficient (Wildman–Crippen LogP) is -0.330. The molecule has 1 unspecified atom stereocenters. The average Bonchev–Trinajstić information content (AvgIpc) is 2.07. The third kappa shape index (κ3) is 2.04. The highest BCUT2D eigenvalue weighted by Crippen LogP contribution is 2.18. The van der Waals surface area contributed by atoms with Crippen molar-refractivity contribution >= 4 is 11.9 Å². The first-order valence-electron chi connectivity index (χ1n) is 4.57. The zero-order chi connectivity index (χ0) is 10.9. The molecule has 5 heteroatoms. The molecule has 1 rings (SSSR count). The third-order valence-electron chi connectivity index (χ3n) is 2.70. The largest absolute Gasteiger partial charge is 0.481 e. The monoisotopic (exact) mass is 200 g/mol. The van der Waals surface area contributed by atoms with Gasteiger partial charge in [0.15, 0.2) is 0 Å². The molecule has 1 aliphatic rings. The van der Waals surface area contributed by atoms with Crippen molar-refractivity contribution in [3.8, 4) is 0 Å². The molecule has 1 saturated heterocycles. The number of nitrogens with one attached hydrogen (secondary N) is 1. The van der Waals surface area contributed by atoms with Crippen LogP contribution in [0.2, 0.25) is 0 Å². The minimum atomic E-state index is -0.955. The maximum absolute atomic E-state index is 11.7. The highest BCUT2D eigenvalue weighted by atomic mass is 16.4. The van der Waals surface area contributed by atoms with Gasteiger partial charge in [-0.25, -0.2) is 0 Å². The fraction of sp³-hybridized carbons (Fsp3) is 0.778. The van der Waals surface area contributed by atoms with Gasteiger partial charge < -0.3 is 15.3 Å². The second-order valence-electron chi connectivity index (χ2n) is 4.24. The van der Waals surface area contributed by atoms with Crippen molar-refractivity contribution in [2.45, 2.75) is 31.8 Å². The number of carboxylic acid groups (broad SMARTS) is 1. The Bertz CT molecular complexity index is 263. The molecule has 1 amide bonds. The number of piperazine rings is 1. The summed E-state index contributed by atoms with van der Waals surface area (Å²) in [5.74, 6) is -1.10. The first kappa shape index (κ1) is 11.0. The number of carbonyl (C=O) groups is 2. The van der Waals surface area contributed by atoms with Crippen LogP contribution >= 0.6 is 0 Å². The Balaban J connectivity index is 2.69. The van der Waals surface area contributed by atoms with Gasteiger partial charge in [-0.3, -0.25) is 9.59 Å². The van der Waals surface area contributed by atoms with Crippen molar-refractivity contribution in [3.05, 3.63) is 0 Å². The van der Waals surface area contributed by atoms with E-state index < -0.39 is 12.0 Å². The summed E-state index contributed by atoms with van der Waals surface area (Å²) in [6.45, 7) is 4.50. The SMILES string of the molecule is CN1C(=O)C(CC(=O)O)NCC1(C)C. The van der Waals surface area contributed by atoms with Gasteiger partial charge in [0.1, 0.15) is 0 Å². The lowest BCUT2D eigenvalue weighted by Crippen LogP contribution is -2.64. The Hall–Kier alpha value is -1.10. The van der Waals surface area contributed by atoms with E-state index in [4.69, 9.17) is 5.11 Å². The van der Waals surface area contributed by atoms with E-state index in [1.54, 1.807) is 11.9 Å². The summed E-state index contributed by atoms with van der Waals surface area (Å²) in [7, 11) is 1.71. The summed E-state index contributed by atoms with van der Waals surface area (Å²) in [6.07, 6.45) is -0.154. The van der Waals surface area contributed by atoms with Crippen LogP contribution in [0.4, 0.5) is 0 Å². The summed E-state index contributed by atoms with van der Waals surface area (Å²) in [5, 5.41) is 11.5. The molecule has 0 spiro atoms. The van der Waals surface area contributed by atoms with Crippen molar-refractivity contribution in [1.29, 1.82) is 0 Å². The van der Waals surface area contributed by atoms with Crippen molar-refractivity contribution < 1.29 is 14.7 Å². The predicted molar refractivity (Wildman–Crippen MR) is 50.9 cm³/mol. The molecule has 14 heavy (non-hydrogen) atoms. The van der Waals surface area contributed by atoms with Gasteiger partial charge >= 0.3 is 5.97 Å². The molecule has 0 aromatic carbocycles. The number of aliphatic carboxylic acids is 1. The fourth-order valence-electron chi connectivity index (χ4n) is 1.45. The minimum Gasteiger partial charge on any atom is -0.481 e. The number of hydrogen-bond donors (Lipinski definition) is 2. The zero-order valence-corrected chi connectivity index (χ0v) is 8.70. The summed E-state index contributed by atoms with van der Waals surface area (Å²) in [4.78, 5) is 23.8. The molecule has 2 N–H and O–H groups in total. The third-order valence-corrected chi connectivity index (χ3v) is 2.70.